The normalized spacial score (nSPS) is 9.33. The molecule has 78 valence electrons. The van der Waals surface area contributed by atoms with Gasteiger partial charge in [-0.25, -0.2) is 9.78 Å². The van der Waals surface area contributed by atoms with Crippen LogP contribution in [0.5, 0.6) is 0 Å². The summed E-state index contributed by atoms with van der Waals surface area (Å²) in [6.07, 6.45) is 3.11. The zero-order valence-corrected chi connectivity index (χ0v) is 8.43. The third-order valence-corrected chi connectivity index (χ3v) is 1.74. The van der Waals surface area contributed by atoms with Gasteiger partial charge in [0.1, 0.15) is 6.07 Å². The van der Waals surface area contributed by atoms with Crippen molar-refractivity contribution in [3.8, 4) is 6.07 Å². The first-order valence-corrected chi connectivity index (χ1v) is 4.45. The summed E-state index contributed by atoms with van der Waals surface area (Å²) in [6, 6.07) is 1.91. The van der Waals surface area contributed by atoms with Crippen molar-refractivity contribution in [3.63, 3.8) is 0 Å². The van der Waals surface area contributed by atoms with Crippen LogP contribution in [-0.4, -0.2) is 22.1 Å². The number of aromatic nitrogens is 2. The smallest absolute Gasteiger partial charge is 0.335 e. The number of carbonyl (C=O) groups excluding carboxylic acids is 1. The van der Waals surface area contributed by atoms with E-state index in [-0.39, 0.29) is 12.4 Å². The van der Waals surface area contributed by atoms with Crippen molar-refractivity contribution < 1.29 is 9.53 Å². The lowest BCUT2D eigenvalue weighted by atomic mass is 10.3. The van der Waals surface area contributed by atoms with Crippen LogP contribution in [0, 0.1) is 11.3 Å². The molecule has 0 saturated heterocycles. The van der Waals surface area contributed by atoms with Gasteiger partial charge in [-0.2, -0.15) is 5.26 Å². The molecule has 1 heterocycles. The number of rotatable bonds is 4. The van der Waals surface area contributed by atoms with Crippen LogP contribution in [0.3, 0.4) is 0 Å². The Kier molecular flexibility index (Phi) is 3.63. The average Bonchev–Trinajstić information content (AvgIpc) is 2.65. The lowest BCUT2D eigenvalue weighted by molar-refractivity contribution is -0.138. The van der Waals surface area contributed by atoms with Gasteiger partial charge in [-0.1, -0.05) is 6.58 Å². The van der Waals surface area contributed by atoms with Crippen molar-refractivity contribution in [1.29, 1.82) is 5.26 Å². The second-order valence-electron chi connectivity index (χ2n) is 2.81. The molecular weight excluding hydrogens is 194 g/mol. The van der Waals surface area contributed by atoms with E-state index < -0.39 is 5.97 Å². The minimum atomic E-state index is -0.449. The van der Waals surface area contributed by atoms with Crippen molar-refractivity contribution in [2.45, 2.75) is 13.5 Å². The Bertz CT molecular complexity index is 415. The third-order valence-electron chi connectivity index (χ3n) is 1.74. The largest absolute Gasteiger partial charge is 0.463 e. The van der Waals surface area contributed by atoms with Crippen molar-refractivity contribution in [2.75, 3.05) is 6.61 Å². The molecule has 0 aromatic carbocycles. The third kappa shape index (κ3) is 2.68. The van der Waals surface area contributed by atoms with E-state index in [1.165, 1.54) is 6.20 Å². The summed E-state index contributed by atoms with van der Waals surface area (Å²) in [5.74, 6) is -0.199. The van der Waals surface area contributed by atoms with Gasteiger partial charge < -0.3 is 9.30 Å². The molecule has 5 nitrogen and oxygen atoms in total. The molecule has 0 atom stereocenters. The number of carbonyl (C=O) groups is 1. The van der Waals surface area contributed by atoms with Gasteiger partial charge in [0.15, 0.2) is 0 Å². The van der Waals surface area contributed by atoms with Crippen LogP contribution in [0.15, 0.2) is 24.5 Å². The van der Waals surface area contributed by atoms with Crippen LogP contribution in [0.4, 0.5) is 0 Å². The predicted molar refractivity (Wildman–Crippen MR) is 52.7 cm³/mol. The van der Waals surface area contributed by atoms with E-state index in [1.807, 2.05) is 6.07 Å². The minimum Gasteiger partial charge on any atom is -0.463 e. The lowest BCUT2D eigenvalue weighted by Crippen LogP contribution is -2.12. The highest BCUT2D eigenvalue weighted by atomic mass is 16.5. The number of nitriles is 1. The number of nitrogens with zero attached hydrogens (tertiary/aromatic N) is 3. The highest BCUT2D eigenvalue weighted by molar-refractivity contribution is 5.87. The number of imidazole rings is 1. The van der Waals surface area contributed by atoms with Crippen LogP contribution in [-0.2, 0) is 16.1 Å². The van der Waals surface area contributed by atoms with Crippen LogP contribution < -0.4 is 0 Å². The molecule has 0 bridgehead atoms. The molecule has 0 aliphatic heterocycles. The summed E-state index contributed by atoms with van der Waals surface area (Å²) in [7, 11) is 0. The quantitative estimate of drug-likeness (QED) is 0.540. The Hall–Kier alpha value is -2.09. The van der Waals surface area contributed by atoms with Crippen molar-refractivity contribution in [1.82, 2.24) is 9.55 Å². The molecule has 0 unspecified atom stereocenters. The van der Waals surface area contributed by atoms with Gasteiger partial charge in [-0.3, -0.25) is 0 Å². The lowest BCUT2D eigenvalue weighted by Gasteiger charge is -2.06. The van der Waals surface area contributed by atoms with E-state index in [1.54, 1.807) is 17.7 Å². The van der Waals surface area contributed by atoms with E-state index in [9.17, 15) is 4.79 Å². The fraction of sp³-hybridized carbons (Fsp3) is 0.300. The van der Waals surface area contributed by atoms with Crippen LogP contribution in [0.25, 0.3) is 0 Å². The molecule has 0 N–H and O–H groups in total. The Morgan fingerprint density at radius 3 is 3.13 bits per heavy atom. The number of hydrogen-bond donors (Lipinski definition) is 0. The fourth-order valence-corrected chi connectivity index (χ4v) is 1.05. The first-order valence-electron chi connectivity index (χ1n) is 4.45. The van der Waals surface area contributed by atoms with E-state index in [4.69, 9.17) is 10.00 Å². The van der Waals surface area contributed by atoms with E-state index in [0.717, 1.165) is 0 Å². The summed E-state index contributed by atoms with van der Waals surface area (Å²) in [4.78, 5) is 15.0. The molecule has 0 saturated carbocycles. The summed E-state index contributed by atoms with van der Waals surface area (Å²) < 4.78 is 6.31. The molecule has 0 fully saturated rings. The molecule has 0 amide bonds. The highest BCUT2D eigenvalue weighted by Crippen LogP contribution is 2.03. The molecule has 1 rings (SSSR count). The molecule has 0 radical (unpaired) electrons. The maximum absolute atomic E-state index is 11.2. The summed E-state index contributed by atoms with van der Waals surface area (Å²) >= 11 is 0. The van der Waals surface area contributed by atoms with Crippen LogP contribution in [0.2, 0.25) is 0 Å². The SMILES string of the molecule is C=C(Cn1ccnc1C#N)C(=O)OCC. The van der Waals surface area contributed by atoms with Gasteiger partial charge in [0, 0.05) is 18.0 Å². The van der Waals surface area contributed by atoms with Gasteiger partial charge in [-0.15, -0.1) is 0 Å². The monoisotopic (exact) mass is 205 g/mol. The molecule has 5 heteroatoms. The molecule has 0 spiro atoms. The topological polar surface area (TPSA) is 67.9 Å². The zero-order valence-electron chi connectivity index (χ0n) is 8.43. The summed E-state index contributed by atoms with van der Waals surface area (Å²) in [5.41, 5.74) is 0.298. The van der Waals surface area contributed by atoms with Crippen LogP contribution >= 0.6 is 0 Å². The standard InChI is InChI=1S/C10H11N3O2/c1-3-15-10(14)8(2)7-13-5-4-12-9(13)6-11/h4-5H,2-3,7H2,1H3. The van der Waals surface area contributed by atoms with E-state index in [0.29, 0.717) is 12.2 Å². The zero-order chi connectivity index (χ0) is 11.3. The maximum Gasteiger partial charge on any atom is 0.335 e. The molecule has 1 aromatic heterocycles. The Morgan fingerprint density at radius 1 is 1.80 bits per heavy atom. The second kappa shape index (κ2) is 4.96. The Labute approximate surface area is 87.6 Å². The molecule has 15 heavy (non-hydrogen) atoms. The molecule has 1 aromatic rings. The second-order valence-corrected chi connectivity index (χ2v) is 2.81. The Balaban J connectivity index is 2.67. The number of esters is 1. The van der Waals surface area contributed by atoms with Gasteiger partial charge >= 0.3 is 5.97 Å². The van der Waals surface area contributed by atoms with Gasteiger partial charge in [0.25, 0.3) is 0 Å². The van der Waals surface area contributed by atoms with Gasteiger partial charge in [0.2, 0.25) is 5.82 Å². The fourth-order valence-electron chi connectivity index (χ4n) is 1.05. The van der Waals surface area contributed by atoms with E-state index in [2.05, 4.69) is 11.6 Å². The Morgan fingerprint density at radius 2 is 2.53 bits per heavy atom. The first kappa shape index (κ1) is 11.0. The molecular formula is C10H11N3O2. The molecule has 0 aliphatic rings. The van der Waals surface area contributed by atoms with Crippen molar-refractivity contribution >= 4 is 5.97 Å². The van der Waals surface area contributed by atoms with E-state index >= 15 is 0 Å². The van der Waals surface area contributed by atoms with Gasteiger partial charge in [-0.05, 0) is 6.92 Å². The van der Waals surface area contributed by atoms with Gasteiger partial charge in [0.05, 0.1) is 13.2 Å². The number of ether oxygens (including phenoxy) is 1. The first-order chi connectivity index (χ1) is 7.19. The highest BCUT2D eigenvalue weighted by Gasteiger charge is 2.10. The maximum atomic E-state index is 11.2. The predicted octanol–water partition coefficient (Wildman–Crippen LogP) is 0.874. The summed E-state index contributed by atoms with van der Waals surface area (Å²) in [6.45, 7) is 5.85. The minimum absolute atomic E-state index is 0.224. The summed E-state index contributed by atoms with van der Waals surface area (Å²) in [5, 5.41) is 8.68. The van der Waals surface area contributed by atoms with Crippen molar-refractivity contribution in [3.05, 3.63) is 30.4 Å². The van der Waals surface area contributed by atoms with Crippen LogP contribution in [0.1, 0.15) is 12.7 Å². The molecule has 0 aliphatic carbocycles. The van der Waals surface area contributed by atoms with Crippen molar-refractivity contribution in [2.24, 2.45) is 0 Å². The average molecular weight is 205 g/mol. The number of hydrogen-bond acceptors (Lipinski definition) is 4.